The summed E-state index contributed by atoms with van der Waals surface area (Å²) in [5, 5.41) is 1.96. The number of benzene rings is 1. The molecule has 0 N–H and O–H groups in total. The Morgan fingerprint density at radius 1 is 0.812 bits per heavy atom. The Hall–Kier alpha value is -1.26. The lowest BCUT2D eigenvalue weighted by atomic mass is 9.95. The van der Waals surface area contributed by atoms with Gasteiger partial charge in [-0.2, -0.15) is 8.61 Å². The van der Waals surface area contributed by atoms with Crippen molar-refractivity contribution in [3.8, 4) is 0 Å². The lowest BCUT2D eigenvalue weighted by molar-refractivity contribution is 0.249. The maximum Gasteiger partial charge on any atom is 0.243 e. The van der Waals surface area contributed by atoms with Gasteiger partial charge in [0.2, 0.25) is 20.0 Å². The van der Waals surface area contributed by atoms with E-state index in [4.69, 9.17) is 0 Å². The summed E-state index contributed by atoms with van der Waals surface area (Å²) in [6.07, 6.45) is 8.77. The summed E-state index contributed by atoms with van der Waals surface area (Å²) in [5.74, 6) is 0. The molecule has 1 saturated heterocycles. The molecule has 9 heteroatoms. The van der Waals surface area contributed by atoms with Gasteiger partial charge < -0.3 is 0 Å². The van der Waals surface area contributed by atoms with Gasteiger partial charge in [-0.15, -0.1) is 11.3 Å². The van der Waals surface area contributed by atoms with Crippen LogP contribution < -0.4 is 0 Å². The number of rotatable bonds is 7. The normalized spacial score (nSPS) is 19.8. The molecule has 6 nitrogen and oxygen atoms in total. The first-order valence-electron chi connectivity index (χ1n) is 11.5. The second-order valence-corrected chi connectivity index (χ2v) is 13.6. The van der Waals surface area contributed by atoms with E-state index in [-0.39, 0.29) is 15.8 Å². The average molecular weight is 497 g/mol. The van der Waals surface area contributed by atoms with Gasteiger partial charge in [-0.25, -0.2) is 16.8 Å². The van der Waals surface area contributed by atoms with Crippen molar-refractivity contribution in [1.29, 1.82) is 0 Å². The Labute approximate surface area is 196 Å². The second kappa shape index (κ2) is 10.3. The van der Waals surface area contributed by atoms with Crippen molar-refractivity contribution >= 4 is 31.4 Å². The van der Waals surface area contributed by atoms with E-state index in [1.807, 2.05) is 17.5 Å². The number of hydrogen-bond acceptors (Lipinski definition) is 5. The van der Waals surface area contributed by atoms with Crippen molar-refractivity contribution < 1.29 is 16.8 Å². The zero-order valence-electron chi connectivity index (χ0n) is 18.4. The highest BCUT2D eigenvalue weighted by Crippen LogP contribution is 2.31. The molecule has 2 fully saturated rings. The van der Waals surface area contributed by atoms with E-state index in [1.54, 1.807) is 15.6 Å². The van der Waals surface area contributed by atoms with Crippen molar-refractivity contribution in [3.05, 3.63) is 46.7 Å². The summed E-state index contributed by atoms with van der Waals surface area (Å²) >= 11 is 1.56. The summed E-state index contributed by atoms with van der Waals surface area (Å²) in [5.41, 5.74) is 0. The van der Waals surface area contributed by atoms with Gasteiger partial charge in [0.1, 0.15) is 0 Å². The molecule has 2 aromatic rings. The SMILES string of the molecule is O=S(=O)(c1ccc(S(=O)(=O)N(Cc2cccs2)C2CCCCC2)cc1)N1CCCCCC1. The summed E-state index contributed by atoms with van der Waals surface area (Å²) in [6, 6.07) is 9.72. The van der Waals surface area contributed by atoms with Gasteiger partial charge in [0.15, 0.2) is 0 Å². The highest BCUT2D eigenvalue weighted by Gasteiger charge is 2.33. The van der Waals surface area contributed by atoms with Crippen LogP contribution in [0.1, 0.15) is 62.7 Å². The third kappa shape index (κ3) is 5.28. The maximum absolute atomic E-state index is 13.6. The molecule has 176 valence electrons. The molecule has 0 bridgehead atoms. The molecule has 0 spiro atoms. The zero-order chi connectivity index (χ0) is 22.6. The van der Waals surface area contributed by atoms with Crippen LogP contribution in [0.15, 0.2) is 51.6 Å². The third-order valence-electron chi connectivity index (χ3n) is 6.51. The Morgan fingerprint density at radius 3 is 2.00 bits per heavy atom. The van der Waals surface area contributed by atoms with Crippen molar-refractivity contribution in [2.24, 2.45) is 0 Å². The van der Waals surface area contributed by atoms with Crippen molar-refractivity contribution in [2.45, 2.75) is 80.2 Å². The number of sulfonamides is 2. The van der Waals surface area contributed by atoms with Crippen molar-refractivity contribution in [3.63, 3.8) is 0 Å². The Bertz CT molecular complexity index is 1070. The van der Waals surface area contributed by atoms with Crippen LogP contribution in [-0.2, 0) is 26.6 Å². The molecule has 1 aliphatic carbocycles. The van der Waals surface area contributed by atoms with Crippen LogP contribution >= 0.6 is 11.3 Å². The minimum atomic E-state index is -3.74. The quantitative estimate of drug-likeness (QED) is 0.550. The molecule has 0 unspecified atom stereocenters. The fraction of sp³-hybridized carbons (Fsp3) is 0.565. The molecule has 0 radical (unpaired) electrons. The smallest absolute Gasteiger partial charge is 0.207 e. The molecule has 4 rings (SSSR count). The summed E-state index contributed by atoms with van der Waals surface area (Å²) in [4.78, 5) is 1.34. The van der Waals surface area contributed by atoms with Crippen LogP contribution in [0, 0.1) is 0 Å². The van der Waals surface area contributed by atoms with Crippen LogP contribution in [0.2, 0.25) is 0 Å². The summed E-state index contributed by atoms with van der Waals surface area (Å²) in [7, 11) is -7.34. The van der Waals surface area contributed by atoms with E-state index in [9.17, 15) is 16.8 Å². The molecule has 32 heavy (non-hydrogen) atoms. The highest BCUT2D eigenvalue weighted by atomic mass is 32.2. The number of thiophene rings is 1. The van der Waals surface area contributed by atoms with E-state index in [0.717, 1.165) is 62.7 Å². The van der Waals surface area contributed by atoms with E-state index in [1.165, 1.54) is 28.6 Å². The molecule has 2 heterocycles. The predicted octanol–water partition coefficient (Wildman–Crippen LogP) is 4.84. The molecule has 2 aliphatic rings. The largest absolute Gasteiger partial charge is 0.243 e. The zero-order valence-corrected chi connectivity index (χ0v) is 20.8. The molecule has 1 aliphatic heterocycles. The van der Waals surface area contributed by atoms with Crippen LogP contribution in [0.5, 0.6) is 0 Å². The molecule has 0 atom stereocenters. The maximum atomic E-state index is 13.6. The lowest BCUT2D eigenvalue weighted by Gasteiger charge is -2.33. The molecule has 1 aromatic carbocycles. The lowest BCUT2D eigenvalue weighted by Crippen LogP contribution is -2.40. The predicted molar refractivity (Wildman–Crippen MR) is 128 cm³/mol. The van der Waals surface area contributed by atoms with Crippen LogP contribution in [0.25, 0.3) is 0 Å². The second-order valence-electron chi connectivity index (χ2n) is 8.71. The molecule has 0 amide bonds. The van der Waals surface area contributed by atoms with Crippen LogP contribution in [0.4, 0.5) is 0 Å². The van der Waals surface area contributed by atoms with E-state index < -0.39 is 20.0 Å². The fourth-order valence-electron chi connectivity index (χ4n) is 4.69. The monoisotopic (exact) mass is 496 g/mol. The van der Waals surface area contributed by atoms with Crippen molar-refractivity contribution in [1.82, 2.24) is 8.61 Å². The summed E-state index contributed by atoms with van der Waals surface area (Å²) in [6.45, 7) is 1.41. The summed E-state index contributed by atoms with van der Waals surface area (Å²) < 4.78 is 56.6. The highest BCUT2D eigenvalue weighted by molar-refractivity contribution is 7.89. The Morgan fingerprint density at radius 2 is 1.41 bits per heavy atom. The minimum absolute atomic E-state index is 0.0173. The molecular formula is C23H32N2O4S3. The molecule has 1 aromatic heterocycles. The van der Waals surface area contributed by atoms with Gasteiger partial charge in [-0.3, -0.25) is 0 Å². The fourth-order valence-corrected chi connectivity index (χ4v) is 8.65. The topological polar surface area (TPSA) is 74.8 Å². The van der Waals surface area contributed by atoms with Gasteiger partial charge in [-0.1, -0.05) is 38.2 Å². The van der Waals surface area contributed by atoms with Crippen LogP contribution in [0.3, 0.4) is 0 Å². The van der Waals surface area contributed by atoms with E-state index in [0.29, 0.717) is 19.6 Å². The van der Waals surface area contributed by atoms with Gasteiger partial charge in [-0.05, 0) is 61.4 Å². The first-order chi connectivity index (χ1) is 15.4. The molecule has 1 saturated carbocycles. The first-order valence-corrected chi connectivity index (χ1v) is 15.3. The number of hydrogen-bond donors (Lipinski definition) is 0. The van der Waals surface area contributed by atoms with Crippen molar-refractivity contribution in [2.75, 3.05) is 13.1 Å². The van der Waals surface area contributed by atoms with Gasteiger partial charge >= 0.3 is 0 Å². The third-order valence-corrected chi connectivity index (χ3v) is 11.2. The van der Waals surface area contributed by atoms with E-state index >= 15 is 0 Å². The van der Waals surface area contributed by atoms with Gasteiger partial charge in [0.05, 0.1) is 9.79 Å². The molecular weight excluding hydrogens is 464 g/mol. The number of nitrogens with zero attached hydrogens (tertiary/aromatic N) is 2. The Balaban J connectivity index is 1.60. The standard InChI is InChI=1S/C23H32N2O4S3/c26-31(27,24-16-6-1-2-7-17-24)22-12-14-23(15-13-22)32(28,29)25(19-21-11-8-18-30-21)20-9-4-3-5-10-20/h8,11-15,18,20H,1-7,9-10,16-17,19H2. The first kappa shape index (κ1) is 23.9. The van der Waals surface area contributed by atoms with Gasteiger partial charge in [0.25, 0.3) is 0 Å². The Kier molecular flexibility index (Phi) is 7.72. The average Bonchev–Trinajstić information content (AvgIpc) is 3.16. The van der Waals surface area contributed by atoms with Gasteiger partial charge in [0, 0.05) is 30.6 Å². The minimum Gasteiger partial charge on any atom is -0.207 e. The van der Waals surface area contributed by atoms with Crippen LogP contribution in [-0.4, -0.2) is 44.6 Å². The van der Waals surface area contributed by atoms with E-state index in [2.05, 4.69) is 0 Å².